The second-order valence-corrected chi connectivity index (χ2v) is 5.36. The normalized spacial score (nSPS) is 13.2. The van der Waals surface area contributed by atoms with Gasteiger partial charge >= 0.3 is 0 Å². The largest absolute Gasteiger partial charge is 0.289 e. The highest BCUT2D eigenvalue weighted by Crippen LogP contribution is 2.33. The number of fused-ring (bicyclic) bond motifs is 4. The van der Waals surface area contributed by atoms with E-state index >= 15 is 0 Å². The molecule has 0 heterocycles. The Kier molecular flexibility index (Phi) is 2.36. The van der Waals surface area contributed by atoms with E-state index in [-0.39, 0.29) is 11.6 Å². The van der Waals surface area contributed by atoms with E-state index in [0.717, 1.165) is 16.3 Å². The smallest absolute Gasteiger partial charge is 0.195 e. The van der Waals surface area contributed by atoms with Gasteiger partial charge in [0.15, 0.2) is 11.6 Å². The number of aryl methyl sites for hydroxylation is 1. The summed E-state index contributed by atoms with van der Waals surface area (Å²) in [6, 6.07) is 16.8. The van der Waals surface area contributed by atoms with E-state index in [0.29, 0.717) is 22.3 Å². The van der Waals surface area contributed by atoms with Gasteiger partial charge in [0, 0.05) is 22.3 Å². The molecule has 0 unspecified atom stereocenters. The Morgan fingerprint density at radius 1 is 0.667 bits per heavy atom. The molecule has 0 amide bonds. The third kappa shape index (κ3) is 1.53. The lowest BCUT2D eigenvalue weighted by atomic mass is 9.80. The standard InChI is InChI=1S/C19H12O2/c1-11-5-4-8-14-16(11)19(21)17-13-7-3-2-6-12(13)9-10-15(17)18(14)20/h2-10H,1H3. The first-order valence-corrected chi connectivity index (χ1v) is 6.89. The number of carbonyl (C=O) groups excluding carboxylic acids is 2. The van der Waals surface area contributed by atoms with Crippen molar-refractivity contribution in [3.63, 3.8) is 0 Å². The maximum absolute atomic E-state index is 12.9. The van der Waals surface area contributed by atoms with Crippen LogP contribution in [0.1, 0.15) is 37.4 Å². The summed E-state index contributed by atoms with van der Waals surface area (Å²) in [5.74, 6) is -0.108. The Morgan fingerprint density at radius 3 is 2.29 bits per heavy atom. The number of hydrogen-bond donors (Lipinski definition) is 0. The van der Waals surface area contributed by atoms with E-state index in [1.807, 2.05) is 49.4 Å². The lowest BCUT2D eigenvalue weighted by Crippen LogP contribution is -2.22. The Morgan fingerprint density at radius 2 is 1.43 bits per heavy atom. The molecule has 2 nitrogen and oxygen atoms in total. The molecule has 0 N–H and O–H groups in total. The van der Waals surface area contributed by atoms with Gasteiger partial charge in [-0.3, -0.25) is 9.59 Å². The molecule has 1 aliphatic carbocycles. The molecule has 2 heteroatoms. The molecule has 21 heavy (non-hydrogen) atoms. The Hall–Kier alpha value is -2.74. The van der Waals surface area contributed by atoms with E-state index in [4.69, 9.17) is 0 Å². The molecule has 4 rings (SSSR count). The van der Waals surface area contributed by atoms with Gasteiger partial charge < -0.3 is 0 Å². The van der Waals surface area contributed by atoms with Crippen LogP contribution in [-0.2, 0) is 0 Å². The van der Waals surface area contributed by atoms with E-state index in [2.05, 4.69) is 0 Å². The van der Waals surface area contributed by atoms with Crippen molar-refractivity contribution in [2.75, 3.05) is 0 Å². The highest BCUT2D eigenvalue weighted by Gasteiger charge is 2.31. The van der Waals surface area contributed by atoms with Crippen LogP contribution in [0.25, 0.3) is 10.8 Å². The highest BCUT2D eigenvalue weighted by atomic mass is 16.1. The van der Waals surface area contributed by atoms with Crippen molar-refractivity contribution in [1.82, 2.24) is 0 Å². The van der Waals surface area contributed by atoms with Gasteiger partial charge in [0.2, 0.25) is 0 Å². The fourth-order valence-corrected chi connectivity index (χ4v) is 3.13. The average Bonchev–Trinajstić information content (AvgIpc) is 2.51. The van der Waals surface area contributed by atoms with Gasteiger partial charge in [-0.25, -0.2) is 0 Å². The SMILES string of the molecule is Cc1cccc2c1C(=O)c1c(ccc3ccccc13)C2=O. The van der Waals surface area contributed by atoms with E-state index < -0.39 is 0 Å². The zero-order chi connectivity index (χ0) is 14.6. The quantitative estimate of drug-likeness (QED) is 0.486. The predicted octanol–water partition coefficient (Wildman–Crippen LogP) is 3.92. The topological polar surface area (TPSA) is 34.1 Å². The minimum absolute atomic E-state index is 0.0468. The van der Waals surface area contributed by atoms with Crippen LogP contribution in [-0.4, -0.2) is 11.6 Å². The van der Waals surface area contributed by atoms with Gasteiger partial charge in [-0.2, -0.15) is 0 Å². The van der Waals surface area contributed by atoms with Crippen molar-refractivity contribution in [1.29, 1.82) is 0 Å². The highest BCUT2D eigenvalue weighted by molar-refractivity contribution is 6.32. The molecule has 0 radical (unpaired) electrons. The molecule has 3 aromatic carbocycles. The zero-order valence-corrected chi connectivity index (χ0v) is 11.5. The van der Waals surface area contributed by atoms with Crippen LogP contribution < -0.4 is 0 Å². The second-order valence-electron chi connectivity index (χ2n) is 5.36. The lowest BCUT2D eigenvalue weighted by Gasteiger charge is -2.20. The summed E-state index contributed by atoms with van der Waals surface area (Å²) in [5.41, 5.74) is 2.97. The van der Waals surface area contributed by atoms with E-state index in [1.54, 1.807) is 12.1 Å². The zero-order valence-electron chi connectivity index (χ0n) is 11.5. The fraction of sp³-hybridized carbons (Fsp3) is 0.0526. The number of ketones is 2. The van der Waals surface area contributed by atoms with Crippen molar-refractivity contribution < 1.29 is 9.59 Å². The van der Waals surface area contributed by atoms with Crippen molar-refractivity contribution in [2.45, 2.75) is 6.92 Å². The second kappa shape index (κ2) is 4.13. The van der Waals surface area contributed by atoms with Crippen molar-refractivity contribution in [3.8, 4) is 0 Å². The number of rotatable bonds is 0. The molecule has 0 saturated carbocycles. The molecule has 0 aromatic heterocycles. The monoisotopic (exact) mass is 272 g/mol. The summed E-state index contributed by atoms with van der Waals surface area (Å²) in [6.45, 7) is 1.88. The molecular weight excluding hydrogens is 260 g/mol. The molecule has 0 saturated heterocycles. The van der Waals surface area contributed by atoms with Crippen LogP contribution in [0.2, 0.25) is 0 Å². The number of benzene rings is 3. The molecular formula is C19H12O2. The lowest BCUT2D eigenvalue weighted by molar-refractivity contribution is 0.0980. The van der Waals surface area contributed by atoms with Gasteiger partial charge in [-0.15, -0.1) is 0 Å². The number of hydrogen-bond acceptors (Lipinski definition) is 2. The predicted molar refractivity (Wildman–Crippen MR) is 82.0 cm³/mol. The summed E-state index contributed by atoms with van der Waals surface area (Å²) in [5, 5.41) is 1.83. The molecule has 1 aliphatic rings. The summed E-state index contributed by atoms with van der Waals surface area (Å²) >= 11 is 0. The first-order valence-electron chi connectivity index (χ1n) is 6.89. The molecule has 0 fully saturated rings. The Balaban J connectivity index is 2.15. The maximum Gasteiger partial charge on any atom is 0.195 e. The molecule has 0 spiro atoms. The van der Waals surface area contributed by atoms with Gasteiger partial charge in [0.05, 0.1) is 0 Å². The third-order valence-electron chi connectivity index (χ3n) is 4.15. The van der Waals surface area contributed by atoms with Crippen molar-refractivity contribution in [2.24, 2.45) is 0 Å². The summed E-state index contributed by atoms with van der Waals surface area (Å²) in [7, 11) is 0. The molecule has 0 bridgehead atoms. The first kappa shape index (κ1) is 12.0. The van der Waals surface area contributed by atoms with Gasteiger partial charge in [0.1, 0.15) is 0 Å². The van der Waals surface area contributed by atoms with E-state index in [1.165, 1.54) is 0 Å². The number of carbonyl (C=O) groups is 2. The average molecular weight is 272 g/mol. The van der Waals surface area contributed by atoms with Crippen LogP contribution in [0, 0.1) is 6.92 Å². The summed E-state index contributed by atoms with van der Waals surface area (Å²) in [6.07, 6.45) is 0. The van der Waals surface area contributed by atoms with Crippen LogP contribution in [0.4, 0.5) is 0 Å². The Bertz CT molecular complexity index is 935. The minimum Gasteiger partial charge on any atom is -0.289 e. The first-order chi connectivity index (χ1) is 10.2. The molecule has 3 aromatic rings. The van der Waals surface area contributed by atoms with Gasteiger partial charge in [-0.05, 0) is 29.3 Å². The van der Waals surface area contributed by atoms with E-state index in [9.17, 15) is 9.59 Å². The van der Waals surface area contributed by atoms with Crippen molar-refractivity contribution >= 4 is 22.3 Å². The van der Waals surface area contributed by atoms with Crippen LogP contribution >= 0.6 is 0 Å². The van der Waals surface area contributed by atoms with Gasteiger partial charge in [0.25, 0.3) is 0 Å². The van der Waals surface area contributed by atoms with Crippen molar-refractivity contribution in [3.05, 3.63) is 82.4 Å². The molecule has 100 valence electrons. The van der Waals surface area contributed by atoms with Gasteiger partial charge in [-0.1, -0.05) is 48.5 Å². The molecule has 0 aliphatic heterocycles. The van der Waals surface area contributed by atoms with Crippen LogP contribution in [0.15, 0.2) is 54.6 Å². The Labute approximate surface area is 122 Å². The van der Waals surface area contributed by atoms with Crippen LogP contribution in [0.5, 0.6) is 0 Å². The summed E-state index contributed by atoms with van der Waals surface area (Å²) in [4.78, 5) is 25.6. The maximum atomic E-state index is 12.9. The minimum atomic E-state index is -0.0611. The van der Waals surface area contributed by atoms with Crippen LogP contribution in [0.3, 0.4) is 0 Å². The third-order valence-corrected chi connectivity index (χ3v) is 4.15. The molecule has 0 atom stereocenters. The fourth-order valence-electron chi connectivity index (χ4n) is 3.13. The summed E-state index contributed by atoms with van der Waals surface area (Å²) < 4.78 is 0.